The Morgan fingerprint density at radius 3 is 3.06 bits per heavy atom. The van der Waals surface area contributed by atoms with Crippen LogP contribution in [-0.4, -0.2) is 28.5 Å². The quantitative estimate of drug-likeness (QED) is 0.747. The molecule has 4 heteroatoms. The van der Waals surface area contributed by atoms with Crippen molar-refractivity contribution in [3.8, 4) is 11.3 Å². The maximum atomic E-state index is 4.53. The summed E-state index contributed by atoms with van der Waals surface area (Å²) in [4.78, 5) is 11.8. The number of rotatable bonds is 5. The Morgan fingerprint density at radius 1 is 1.38 bits per heavy atom. The molecule has 0 radical (unpaired) electrons. The second-order valence-electron chi connectivity index (χ2n) is 3.66. The number of hydrogen-bond acceptors (Lipinski definition) is 3. The Balaban J connectivity index is 2.08. The largest absolute Gasteiger partial charge is 0.367 e. The van der Waals surface area contributed by atoms with Gasteiger partial charge in [-0.25, -0.2) is 9.97 Å². The normalized spacial score (nSPS) is 10.6. The summed E-state index contributed by atoms with van der Waals surface area (Å²) in [6.07, 6.45) is 7.65. The van der Waals surface area contributed by atoms with Gasteiger partial charge < -0.3 is 10.3 Å². The molecule has 2 aromatic rings. The van der Waals surface area contributed by atoms with Crippen LogP contribution in [-0.2, 0) is 6.42 Å². The topological polar surface area (TPSA) is 53.6 Å². The summed E-state index contributed by atoms with van der Waals surface area (Å²) < 4.78 is 0. The van der Waals surface area contributed by atoms with E-state index in [0.29, 0.717) is 0 Å². The van der Waals surface area contributed by atoms with Gasteiger partial charge in [-0.05, 0) is 32.1 Å². The lowest BCUT2D eigenvalue weighted by Gasteiger charge is -2.02. The van der Waals surface area contributed by atoms with Gasteiger partial charge in [0.05, 0.1) is 5.69 Å². The fraction of sp³-hybridized carbons (Fsp3) is 0.333. The fourth-order valence-corrected chi connectivity index (χ4v) is 1.59. The number of nitrogens with zero attached hydrogens (tertiary/aromatic N) is 2. The van der Waals surface area contributed by atoms with Crippen molar-refractivity contribution in [2.75, 3.05) is 13.6 Å². The van der Waals surface area contributed by atoms with Gasteiger partial charge in [0.15, 0.2) is 0 Å². The molecule has 0 saturated carbocycles. The summed E-state index contributed by atoms with van der Waals surface area (Å²) in [7, 11) is 1.96. The van der Waals surface area contributed by atoms with Crippen LogP contribution in [0.25, 0.3) is 11.3 Å². The molecule has 4 nitrogen and oxygen atoms in total. The van der Waals surface area contributed by atoms with Gasteiger partial charge in [0.25, 0.3) is 0 Å². The molecule has 0 aliphatic rings. The number of nitrogens with one attached hydrogen (secondary N) is 2. The number of aromatic amines is 1. The molecule has 2 N–H and O–H groups in total. The summed E-state index contributed by atoms with van der Waals surface area (Å²) >= 11 is 0. The zero-order chi connectivity index (χ0) is 11.2. The SMILES string of the molecule is CNCCCc1nccc(-c2cc[nH]c2)n1. The number of aromatic nitrogens is 3. The summed E-state index contributed by atoms with van der Waals surface area (Å²) in [6.45, 7) is 0.998. The molecule has 0 aliphatic carbocycles. The maximum absolute atomic E-state index is 4.53. The number of aryl methyl sites for hydroxylation is 1. The first-order chi connectivity index (χ1) is 7.90. The van der Waals surface area contributed by atoms with Crippen molar-refractivity contribution in [2.24, 2.45) is 0 Å². The zero-order valence-electron chi connectivity index (χ0n) is 9.40. The molecular weight excluding hydrogens is 200 g/mol. The summed E-state index contributed by atoms with van der Waals surface area (Å²) in [5, 5.41) is 3.12. The third-order valence-electron chi connectivity index (χ3n) is 2.43. The predicted octanol–water partition coefficient (Wildman–Crippen LogP) is 1.62. The Hall–Kier alpha value is -1.68. The minimum Gasteiger partial charge on any atom is -0.367 e. The molecule has 84 valence electrons. The Morgan fingerprint density at radius 2 is 2.31 bits per heavy atom. The van der Waals surface area contributed by atoms with Crippen molar-refractivity contribution >= 4 is 0 Å². The van der Waals surface area contributed by atoms with Crippen LogP contribution in [0.1, 0.15) is 12.2 Å². The second kappa shape index (κ2) is 5.42. The van der Waals surface area contributed by atoms with E-state index in [0.717, 1.165) is 36.5 Å². The van der Waals surface area contributed by atoms with E-state index in [2.05, 4.69) is 20.3 Å². The van der Waals surface area contributed by atoms with Gasteiger partial charge in [0.1, 0.15) is 5.82 Å². The van der Waals surface area contributed by atoms with Crippen LogP contribution < -0.4 is 5.32 Å². The van der Waals surface area contributed by atoms with Gasteiger partial charge in [-0.15, -0.1) is 0 Å². The summed E-state index contributed by atoms with van der Waals surface area (Å²) in [5.41, 5.74) is 2.09. The van der Waals surface area contributed by atoms with Crippen LogP contribution >= 0.6 is 0 Å². The lowest BCUT2D eigenvalue weighted by molar-refractivity contribution is 0.703. The van der Waals surface area contributed by atoms with Gasteiger partial charge >= 0.3 is 0 Å². The van der Waals surface area contributed by atoms with Crippen molar-refractivity contribution in [1.82, 2.24) is 20.3 Å². The van der Waals surface area contributed by atoms with E-state index >= 15 is 0 Å². The van der Waals surface area contributed by atoms with Crippen LogP contribution in [0, 0.1) is 0 Å². The molecule has 2 rings (SSSR count). The average Bonchev–Trinajstić information content (AvgIpc) is 2.83. The van der Waals surface area contributed by atoms with Crippen molar-refractivity contribution in [3.63, 3.8) is 0 Å². The van der Waals surface area contributed by atoms with E-state index in [4.69, 9.17) is 0 Å². The van der Waals surface area contributed by atoms with E-state index in [1.54, 1.807) is 0 Å². The highest BCUT2D eigenvalue weighted by molar-refractivity contribution is 5.57. The van der Waals surface area contributed by atoms with E-state index in [1.807, 2.05) is 37.8 Å². The van der Waals surface area contributed by atoms with E-state index in [-0.39, 0.29) is 0 Å². The molecule has 2 aromatic heterocycles. The molecule has 0 spiro atoms. The molecular formula is C12H16N4. The zero-order valence-corrected chi connectivity index (χ0v) is 9.40. The summed E-state index contributed by atoms with van der Waals surface area (Å²) in [5.74, 6) is 0.911. The first-order valence-corrected chi connectivity index (χ1v) is 5.50. The first-order valence-electron chi connectivity index (χ1n) is 5.50. The highest BCUT2D eigenvalue weighted by atomic mass is 14.9. The standard InChI is InChI=1S/C12H16N4/c1-13-6-2-3-12-15-8-5-11(16-12)10-4-7-14-9-10/h4-5,7-9,13-14H,2-3,6H2,1H3. The van der Waals surface area contributed by atoms with Crippen molar-refractivity contribution < 1.29 is 0 Å². The number of hydrogen-bond donors (Lipinski definition) is 2. The van der Waals surface area contributed by atoms with Crippen molar-refractivity contribution in [3.05, 3.63) is 36.5 Å². The van der Waals surface area contributed by atoms with Crippen LogP contribution in [0.3, 0.4) is 0 Å². The molecule has 0 atom stereocenters. The van der Waals surface area contributed by atoms with E-state index in [1.165, 1.54) is 0 Å². The number of H-pyrrole nitrogens is 1. The third kappa shape index (κ3) is 2.67. The summed E-state index contributed by atoms with van der Waals surface area (Å²) in [6, 6.07) is 3.95. The maximum Gasteiger partial charge on any atom is 0.128 e. The molecule has 0 saturated heterocycles. The van der Waals surface area contributed by atoms with Gasteiger partial charge in [-0.3, -0.25) is 0 Å². The van der Waals surface area contributed by atoms with Crippen LogP contribution in [0.2, 0.25) is 0 Å². The minimum atomic E-state index is 0.911. The molecule has 0 aliphatic heterocycles. The third-order valence-corrected chi connectivity index (χ3v) is 2.43. The van der Waals surface area contributed by atoms with E-state index in [9.17, 15) is 0 Å². The monoisotopic (exact) mass is 216 g/mol. The lowest BCUT2D eigenvalue weighted by atomic mass is 10.2. The highest BCUT2D eigenvalue weighted by Crippen LogP contribution is 2.15. The van der Waals surface area contributed by atoms with Gasteiger partial charge in [0.2, 0.25) is 0 Å². The van der Waals surface area contributed by atoms with Crippen molar-refractivity contribution in [1.29, 1.82) is 0 Å². The molecule has 16 heavy (non-hydrogen) atoms. The van der Waals surface area contributed by atoms with Gasteiger partial charge in [0, 0.05) is 30.6 Å². The lowest BCUT2D eigenvalue weighted by Crippen LogP contribution is -2.09. The molecule has 0 unspecified atom stereocenters. The highest BCUT2D eigenvalue weighted by Gasteiger charge is 2.02. The predicted molar refractivity (Wildman–Crippen MR) is 64.1 cm³/mol. The van der Waals surface area contributed by atoms with Gasteiger partial charge in [-0.2, -0.15) is 0 Å². The van der Waals surface area contributed by atoms with Gasteiger partial charge in [-0.1, -0.05) is 0 Å². The Labute approximate surface area is 95.1 Å². The van der Waals surface area contributed by atoms with Crippen LogP contribution in [0.4, 0.5) is 0 Å². The molecule has 0 fully saturated rings. The molecule has 0 aromatic carbocycles. The van der Waals surface area contributed by atoms with E-state index < -0.39 is 0 Å². The van der Waals surface area contributed by atoms with Crippen LogP contribution in [0.5, 0.6) is 0 Å². The smallest absolute Gasteiger partial charge is 0.128 e. The second-order valence-corrected chi connectivity index (χ2v) is 3.66. The Bertz CT molecular complexity index is 422. The van der Waals surface area contributed by atoms with Crippen molar-refractivity contribution in [2.45, 2.75) is 12.8 Å². The molecule has 2 heterocycles. The molecule has 0 bridgehead atoms. The average molecular weight is 216 g/mol. The first kappa shape index (κ1) is 10.8. The fourth-order valence-electron chi connectivity index (χ4n) is 1.59. The molecule has 0 amide bonds. The minimum absolute atomic E-state index is 0.911. The Kier molecular flexibility index (Phi) is 3.66. The van der Waals surface area contributed by atoms with Crippen LogP contribution in [0.15, 0.2) is 30.7 Å².